The van der Waals surface area contributed by atoms with Gasteiger partial charge in [-0.25, -0.2) is 4.98 Å². The number of nitrogen functional groups attached to an aromatic ring is 1. The number of imidazole rings is 1. The van der Waals surface area contributed by atoms with Crippen LogP contribution in [0.5, 0.6) is 11.5 Å². The molecule has 100 valence electrons. The topological polar surface area (TPSA) is 62.3 Å². The van der Waals surface area contributed by atoms with E-state index in [1.54, 1.807) is 17.0 Å². The maximum absolute atomic E-state index is 6.25. The second-order valence-corrected chi connectivity index (χ2v) is 4.83. The zero-order valence-electron chi connectivity index (χ0n) is 10.5. The molecule has 0 spiro atoms. The molecule has 0 saturated heterocycles. The van der Waals surface area contributed by atoms with E-state index in [4.69, 9.17) is 26.8 Å². The lowest BCUT2D eigenvalue weighted by atomic mass is 10.1. The Kier molecular flexibility index (Phi) is 2.98. The van der Waals surface area contributed by atoms with Crippen LogP contribution in [0.3, 0.4) is 0 Å². The number of rotatable bonds is 1. The van der Waals surface area contributed by atoms with Crippen molar-refractivity contribution in [3.63, 3.8) is 0 Å². The first-order valence-electron chi connectivity index (χ1n) is 6.03. The van der Waals surface area contributed by atoms with Crippen LogP contribution in [0.4, 0.5) is 5.82 Å². The first-order valence-corrected chi connectivity index (χ1v) is 6.41. The van der Waals surface area contributed by atoms with Gasteiger partial charge in [-0.2, -0.15) is 0 Å². The van der Waals surface area contributed by atoms with Gasteiger partial charge in [-0.15, -0.1) is 0 Å². The average Bonchev–Trinajstić information content (AvgIpc) is 2.62. The molecule has 0 saturated carbocycles. The summed E-state index contributed by atoms with van der Waals surface area (Å²) < 4.78 is 13.0. The molecule has 3 rings (SSSR count). The predicted octanol–water partition coefficient (Wildman–Crippen LogP) is 2.48. The van der Waals surface area contributed by atoms with Crippen molar-refractivity contribution in [2.75, 3.05) is 18.9 Å². The fraction of sp³-hybridized carbons (Fsp3) is 0.308. The summed E-state index contributed by atoms with van der Waals surface area (Å²) in [7, 11) is 1.84. The van der Waals surface area contributed by atoms with Crippen molar-refractivity contribution in [2.24, 2.45) is 7.05 Å². The molecule has 5 nitrogen and oxygen atoms in total. The number of hydrogen-bond acceptors (Lipinski definition) is 4. The van der Waals surface area contributed by atoms with Gasteiger partial charge in [0.1, 0.15) is 11.5 Å². The number of aryl methyl sites for hydroxylation is 1. The molecule has 6 heteroatoms. The van der Waals surface area contributed by atoms with Crippen molar-refractivity contribution >= 4 is 17.4 Å². The largest absolute Gasteiger partial charge is 0.489 e. The van der Waals surface area contributed by atoms with Crippen LogP contribution in [-0.2, 0) is 7.05 Å². The van der Waals surface area contributed by atoms with Gasteiger partial charge in [-0.1, -0.05) is 11.6 Å². The number of anilines is 1. The van der Waals surface area contributed by atoms with Crippen LogP contribution >= 0.6 is 11.6 Å². The van der Waals surface area contributed by atoms with E-state index in [-0.39, 0.29) is 0 Å². The number of nitrogens with two attached hydrogens (primary N) is 1. The molecule has 19 heavy (non-hydrogen) atoms. The molecule has 0 radical (unpaired) electrons. The van der Waals surface area contributed by atoms with Crippen molar-refractivity contribution in [1.82, 2.24) is 9.55 Å². The molecule has 0 fully saturated rings. The monoisotopic (exact) mass is 279 g/mol. The van der Waals surface area contributed by atoms with Crippen LogP contribution in [0.1, 0.15) is 6.42 Å². The standard InChI is InChI=1S/C13H14ClN3O2/c1-17-7-16-11(13(17)15)8-5-9(14)12-10(6-8)18-3-2-4-19-12/h5-7H,2-4,15H2,1H3. The van der Waals surface area contributed by atoms with Gasteiger partial charge in [0.25, 0.3) is 0 Å². The van der Waals surface area contributed by atoms with Crippen LogP contribution < -0.4 is 15.2 Å². The van der Waals surface area contributed by atoms with Crippen molar-refractivity contribution in [3.05, 3.63) is 23.5 Å². The number of halogens is 1. The first kappa shape index (κ1) is 12.2. The summed E-state index contributed by atoms with van der Waals surface area (Å²) in [5.41, 5.74) is 7.50. The fourth-order valence-electron chi connectivity index (χ4n) is 2.03. The summed E-state index contributed by atoms with van der Waals surface area (Å²) >= 11 is 6.25. The summed E-state index contributed by atoms with van der Waals surface area (Å²) in [6, 6.07) is 3.67. The SMILES string of the molecule is Cn1cnc(-c2cc(Cl)c3c(c2)OCCCO3)c1N. The molecule has 2 aromatic rings. The molecule has 1 aromatic carbocycles. The second kappa shape index (κ2) is 4.66. The molecular weight excluding hydrogens is 266 g/mol. The molecule has 2 N–H and O–H groups in total. The Hall–Kier alpha value is -1.88. The molecule has 1 aromatic heterocycles. The van der Waals surface area contributed by atoms with E-state index in [2.05, 4.69) is 4.98 Å². The van der Waals surface area contributed by atoms with E-state index in [9.17, 15) is 0 Å². The summed E-state index contributed by atoms with van der Waals surface area (Å²) in [4.78, 5) is 4.28. The van der Waals surface area contributed by atoms with Gasteiger partial charge in [0, 0.05) is 19.0 Å². The molecule has 1 aliphatic heterocycles. The van der Waals surface area contributed by atoms with Crippen LogP contribution in [0.15, 0.2) is 18.5 Å². The Bertz CT molecular complexity index is 625. The lowest BCUT2D eigenvalue weighted by Gasteiger charge is -2.11. The van der Waals surface area contributed by atoms with Crippen molar-refractivity contribution in [3.8, 4) is 22.8 Å². The minimum absolute atomic E-state index is 0.513. The zero-order valence-corrected chi connectivity index (χ0v) is 11.3. The van der Waals surface area contributed by atoms with Gasteiger partial charge in [0.05, 0.1) is 24.6 Å². The number of ether oxygens (including phenoxy) is 2. The van der Waals surface area contributed by atoms with E-state index in [0.717, 1.165) is 12.0 Å². The minimum atomic E-state index is 0.513. The lowest BCUT2D eigenvalue weighted by molar-refractivity contribution is 0.297. The Balaban J connectivity index is 2.11. The lowest BCUT2D eigenvalue weighted by Crippen LogP contribution is -1.97. The van der Waals surface area contributed by atoms with Crippen molar-refractivity contribution in [2.45, 2.75) is 6.42 Å². The quantitative estimate of drug-likeness (QED) is 0.871. The molecule has 1 aliphatic rings. The first-order chi connectivity index (χ1) is 9.16. The maximum atomic E-state index is 6.25. The zero-order chi connectivity index (χ0) is 13.4. The number of fused-ring (bicyclic) bond motifs is 1. The number of aromatic nitrogens is 2. The molecular formula is C13H14ClN3O2. The molecule has 0 bridgehead atoms. The molecule has 0 amide bonds. The number of nitrogens with zero attached hydrogens (tertiary/aromatic N) is 2. The van der Waals surface area contributed by atoms with Gasteiger partial charge in [-0.05, 0) is 12.1 Å². The summed E-state index contributed by atoms with van der Waals surface area (Å²) in [6.07, 6.45) is 2.51. The Morgan fingerprint density at radius 2 is 2.11 bits per heavy atom. The third-order valence-corrected chi connectivity index (χ3v) is 3.34. The predicted molar refractivity (Wildman–Crippen MR) is 73.7 cm³/mol. The van der Waals surface area contributed by atoms with Crippen molar-refractivity contribution in [1.29, 1.82) is 0 Å². The van der Waals surface area contributed by atoms with Gasteiger partial charge in [-0.3, -0.25) is 0 Å². The third kappa shape index (κ3) is 2.10. The van der Waals surface area contributed by atoms with E-state index < -0.39 is 0 Å². The van der Waals surface area contributed by atoms with Gasteiger partial charge < -0.3 is 19.8 Å². The van der Waals surface area contributed by atoms with Crippen LogP contribution in [0.2, 0.25) is 5.02 Å². The van der Waals surface area contributed by atoms with Crippen LogP contribution in [0.25, 0.3) is 11.3 Å². The van der Waals surface area contributed by atoms with Crippen molar-refractivity contribution < 1.29 is 9.47 Å². The third-order valence-electron chi connectivity index (χ3n) is 3.06. The Morgan fingerprint density at radius 1 is 1.32 bits per heavy atom. The summed E-state index contributed by atoms with van der Waals surface area (Å²) in [5, 5.41) is 0.513. The average molecular weight is 280 g/mol. The van der Waals surface area contributed by atoms with E-state index in [1.165, 1.54) is 0 Å². The normalized spacial score (nSPS) is 14.2. The second-order valence-electron chi connectivity index (χ2n) is 4.43. The van der Waals surface area contributed by atoms with E-state index in [1.807, 2.05) is 13.1 Å². The van der Waals surface area contributed by atoms with Gasteiger partial charge in [0.15, 0.2) is 11.5 Å². The number of hydrogen-bond donors (Lipinski definition) is 1. The Labute approximate surface area is 115 Å². The maximum Gasteiger partial charge on any atom is 0.179 e. The van der Waals surface area contributed by atoms with E-state index in [0.29, 0.717) is 41.2 Å². The minimum Gasteiger partial charge on any atom is -0.489 e. The Morgan fingerprint density at radius 3 is 2.84 bits per heavy atom. The van der Waals surface area contributed by atoms with E-state index >= 15 is 0 Å². The van der Waals surface area contributed by atoms with Gasteiger partial charge >= 0.3 is 0 Å². The van der Waals surface area contributed by atoms with Crippen LogP contribution in [0, 0.1) is 0 Å². The highest BCUT2D eigenvalue weighted by Crippen LogP contribution is 2.41. The molecule has 0 atom stereocenters. The summed E-state index contributed by atoms with van der Waals surface area (Å²) in [6.45, 7) is 1.22. The highest BCUT2D eigenvalue weighted by molar-refractivity contribution is 6.32. The number of benzene rings is 1. The summed E-state index contributed by atoms with van der Waals surface area (Å²) in [5.74, 6) is 1.83. The highest BCUT2D eigenvalue weighted by Gasteiger charge is 2.18. The highest BCUT2D eigenvalue weighted by atomic mass is 35.5. The van der Waals surface area contributed by atoms with Gasteiger partial charge in [0.2, 0.25) is 0 Å². The van der Waals surface area contributed by atoms with Crippen LogP contribution in [-0.4, -0.2) is 22.8 Å². The molecule has 0 unspecified atom stereocenters. The molecule has 0 aliphatic carbocycles. The smallest absolute Gasteiger partial charge is 0.179 e. The molecule has 2 heterocycles. The fourth-order valence-corrected chi connectivity index (χ4v) is 2.29.